The highest BCUT2D eigenvalue weighted by molar-refractivity contribution is 5.55. The van der Waals surface area contributed by atoms with Crippen LogP contribution in [0.25, 0.3) is 11.4 Å². The van der Waals surface area contributed by atoms with Crippen LogP contribution in [0.5, 0.6) is 0 Å². The van der Waals surface area contributed by atoms with Gasteiger partial charge in [-0.05, 0) is 37.2 Å². The summed E-state index contributed by atoms with van der Waals surface area (Å²) < 4.78 is 24.3. The van der Waals surface area contributed by atoms with E-state index in [2.05, 4.69) is 15.5 Å². The number of nitrogens with one attached hydrogen (secondary N) is 1. The molecule has 2 atom stereocenters. The molecule has 2 aromatic rings. The molecule has 1 aliphatic rings. The van der Waals surface area contributed by atoms with Crippen molar-refractivity contribution >= 4 is 0 Å². The highest BCUT2D eigenvalue weighted by Gasteiger charge is 2.33. The Hall–Kier alpha value is -1.79. The van der Waals surface area contributed by atoms with Crippen molar-refractivity contribution in [1.82, 2.24) is 15.5 Å². The Bertz CT molecular complexity index is 609. The third-order valence-corrected chi connectivity index (χ3v) is 3.61. The van der Waals surface area contributed by atoms with Gasteiger partial charge in [-0.25, -0.2) is 4.39 Å². The van der Waals surface area contributed by atoms with Gasteiger partial charge in [0.25, 0.3) is 0 Å². The van der Waals surface area contributed by atoms with Crippen molar-refractivity contribution in [3.8, 4) is 11.4 Å². The SMILES string of the molecule is CCNC1COCC1c1nc(-c2cc(C)cc(F)c2)no1. The normalized spacial score (nSPS) is 21.9. The average Bonchev–Trinajstić information content (AvgIpc) is 3.06. The first-order valence-electron chi connectivity index (χ1n) is 7.09. The summed E-state index contributed by atoms with van der Waals surface area (Å²) >= 11 is 0. The van der Waals surface area contributed by atoms with Crippen molar-refractivity contribution in [3.63, 3.8) is 0 Å². The lowest BCUT2D eigenvalue weighted by Crippen LogP contribution is -2.34. The number of hydrogen-bond donors (Lipinski definition) is 1. The molecule has 1 saturated heterocycles. The molecule has 112 valence electrons. The molecule has 0 bridgehead atoms. The van der Waals surface area contributed by atoms with E-state index in [1.54, 1.807) is 0 Å². The van der Waals surface area contributed by atoms with Crippen LogP contribution < -0.4 is 5.32 Å². The predicted molar refractivity (Wildman–Crippen MR) is 75.5 cm³/mol. The Labute approximate surface area is 122 Å². The molecule has 1 fully saturated rings. The third kappa shape index (κ3) is 2.96. The van der Waals surface area contributed by atoms with Crippen LogP contribution >= 0.6 is 0 Å². The molecule has 3 rings (SSSR count). The molecule has 1 N–H and O–H groups in total. The molecule has 6 heteroatoms. The van der Waals surface area contributed by atoms with E-state index in [4.69, 9.17) is 9.26 Å². The lowest BCUT2D eigenvalue weighted by molar-refractivity contribution is 0.185. The summed E-state index contributed by atoms with van der Waals surface area (Å²) in [7, 11) is 0. The quantitative estimate of drug-likeness (QED) is 0.936. The molecule has 0 saturated carbocycles. The molecule has 5 nitrogen and oxygen atoms in total. The maximum atomic E-state index is 13.5. The van der Waals surface area contributed by atoms with E-state index in [0.717, 1.165) is 12.1 Å². The first-order valence-corrected chi connectivity index (χ1v) is 7.09. The van der Waals surface area contributed by atoms with Gasteiger partial charge in [0, 0.05) is 11.6 Å². The molecule has 21 heavy (non-hydrogen) atoms. The summed E-state index contributed by atoms with van der Waals surface area (Å²) in [4.78, 5) is 4.41. The Balaban J connectivity index is 1.86. The monoisotopic (exact) mass is 291 g/mol. The smallest absolute Gasteiger partial charge is 0.234 e. The molecule has 0 radical (unpaired) electrons. The van der Waals surface area contributed by atoms with Gasteiger partial charge in [-0.15, -0.1) is 0 Å². The topological polar surface area (TPSA) is 60.2 Å². The number of aromatic nitrogens is 2. The number of benzene rings is 1. The first kappa shape index (κ1) is 14.2. The van der Waals surface area contributed by atoms with Crippen molar-refractivity contribution in [2.24, 2.45) is 0 Å². The minimum Gasteiger partial charge on any atom is -0.379 e. The van der Waals surface area contributed by atoms with E-state index < -0.39 is 0 Å². The maximum Gasteiger partial charge on any atom is 0.234 e. The molecule has 0 spiro atoms. The Morgan fingerprint density at radius 3 is 2.95 bits per heavy atom. The van der Waals surface area contributed by atoms with Crippen LogP contribution in [0.15, 0.2) is 22.7 Å². The lowest BCUT2D eigenvalue weighted by Gasteiger charge is -2.13. The second-order valence-corrected chi connectivity index (χ2v) is 5.28. The summed E-state index contributed by atoms with van der Waals surface area (Å²) in [6.07, 6.45) is 0. The molecule has 0 amide bonds. The van der Waals surface area contributed by atoms with Crippen LogP contribution in [-0.4, -0.2) is 35.9 Å². The Kier molecular flexibility index (Phi) is 3.98. The molecule has 0 aliphatic carbocycles. The zero-order valence-electron chi connectivity index (χ0n) is 12.1. The minimum absolute atomic E-state index is 0.0425. The lowest BCUT2D eigenvalue weighted by atomic mass is 10.0. The fraction of sp³-hybridized carbons (Fsp3) is 0.467. The fourth-order valence-corrected chi connectivity index (χ4v) is 2.63. The molecule has 2 heterocycles. The molecular formula is C15H18FN3O2. The number of halogens is 1. The maximum absolute atomic E-state index is 13.5. The second kappa shape index (κ2) is 5.91. The second-order valence-electron chi connectivity index (χ2n) is 5.28. The fourth-order valence-electron chi connectivity index (χ4n) is 2.63. The number of ether oxygens (including phenoxy) is 1. The highest BCUT2D eigenvalue weighted by Crippen LogP contribution is 2.27. The third-order valence-electron chi connectivity index (χ3n) is 3.61. The van der Waals surface area contributed by atoms with Gasteiger partial charge < -0.3 is 14.6 Å². The zero-order valence-corrected chi connectivity index (χ0v) is 12.1. The van der Waals surface area contributed by atoms with E-state index in [9.17, 15) is 4.39 Å². The van der Waals surface area contributed by atoms with Gasteiger partial charge in [-0.2, -0.15) is 4.98 Å². The van der Waals surface area contributed by atoms with Crippen LogP contribution in [0.4, 0.5) is 4.39 Å². The van der Waals surface area contributed by atoms with Gasteiger partial charge in [-0.1, -0.05) is 12.1 Å². The van der Waals surface area contributed by atoms with Crippen molar-refractivity contribution in [1.29, 1.82) is 0 Å². The summed E-state index contributed by atoms with van der Waals surface area (Å²) in [5.41, 5.74) is 1.45. The minimum atomic E-state index is -0.300. The average molecular weight is 291 g/mol. The van der Waals surface area contributed by atoms with Crippen LogP contribution in [0.1, 0.15) is 24.3 Å². The van der Waals surface area contributed by atoms with Crippen molar-refractivity contribution in [2.75, 3.05) is 19.8 Å². The summed E-state index contributed by atoms with van der Waals surface area (Å²) in [5, 5.41) is 7.32. The zero-order chi connectivity index (χ0) is 14.8. The van der Waals surface area contributed by atoms with E-state index in [0.29, 0.717) is 30.5 Å². The van der Waals surface area contributed by atoms with E-state index in [-0.39, 0.29) is 17.8 Å². The molecule has 1 aromatic heterocycles. The Morgan fingerprint density at radius 1 is 1.33 bits per heavy atom. The van der Waals surface area contributed by atoms with E-state index in [1.807, 2.05) is 19.9 Å². The number of likely N-dealkylation sites (N-methyl/N-ethyl adjacent to an activating group) is 1. The highest BCUT2D eigenvalue weighted by atomic mass is 19.1. The predicted octanol–water partition coefficient (Wildman–Crippen LogP) is 2.28. The number of rotatable bonds is 4. The summed E-state index contributed by atoms with van der Waals surface area (Å²) in [5.74, 6) is 0.692. The Morgan fingerprint density at radius 2 is 2.19 bits per heavy atom. The van der Waals surface area contributed by atoms with Gasteiger partial charge in [0.15, 0.2) is 0 Å². The number of aryl methyl sites for hydroxylation is 1. The molecule has 1 aliphatic heterocycles. The van der Waals surface area contributed by atoms with Gasteiger partial charge >= 0.3 is 0 Å². The van der Waals surface area contributed by atoms with Crippen LogP contribution in [-0.2, 0) is 4.74 Å². The number of hydrogen-bond acceptors (Lipinski definition) is 5. The molecular weight excluding hydrogens is 273 g/mol. The van der Waals surface area contributed by atoms with E-state index in [1.165, 1.54) is 12.1 Å². The summed E-state index contributed by atoms with van der Waals surface area (Å²) in [6, 6.07) is 4.90. The van der Waals surface area contributed by atoms with Crippen LogP contribution in [0, 0.1) is 12.7 Å². The van der Waals surface area contributed by atoms with Crippen LogP contribution in [0.2, 0.25) is 0 Å². The van der Waals surface area contributed by atoms with Crippen molar-refractivity contribution in [3.05, 3.63) is 35.5 Å². The van der Waals surface area contributed by atoms with Gasteiger partial charge in [0.05, 0.1) is 19.1 Å². The standard InChI is InChI=1S/C15H18FN3O2/c1-3-17-13-8-20-7-12(13)15-18-14(19-21-15)10-4-9(2)5-11(16)6-10/h4-6,12-13,17H,3,7-8H2,1-2H3. The van der Waals surface area contributed by atoms with Gasteiger partial charge in [-0.3, -0.25) is 0 Å². The van der Waals surface area contributed by atoms with Crippen molar-refractivity contribution in [2.45, 2.75) is 25.8 Å². The van der Waals surface area contributed by atoms with Crippen LogP contribution in [0.3, 0.4) is 0 Å². The first-order chi connectivity index (χ1) is 10.2. The van der Waals surface area contributed by atoms with Gasteiger partial charge in [0.1, 0.15) is 5.82 Å². The molecule has 2 unspecified atom stereocenters. The van der Waals surface area contributed by atoms with E-state index >= 15 is 0 Å². The van der Waals surface area contributed by atoms with Gasteiger partial charge in [0.2, 0.25) is 11.7 Å². The number of nitrogens with zero attached hydrogens (tertiary/aromatic N) is 2. The largest absolute Gasteiger partial charge is 0.379 e. The summed E-state index contributed by atoms with van der Waals surface area (Å²) in [6.45, 7) is 5.93. The van der Waals surface area contributed by atoms with Crippen molar-refractivity contribution < 1.29 is 13.7 Å². The molecule has 1 aromatic carbocycles.